The molecular formula is C15H13Br2FO2. The lowest BCUT2D eigenvalue weighted by Gasteiger charge is -2.14. The van der Waals surface area contributed by atoms with Crippen LogP contribution in [-0.2, 0) is 13.2 Å². The van der Waals surface area contributed by atoms with Gasteiger partial charge in [-0.3, -0.25) is 0 Å². The van der Waals surface area contributed by atoms with Crippen LogP contribution < -0.4 is 4.74 Å². The molecule has 2 aromatic rings. The number of benzene rings is 2. The average molecular weight is 404 g/mol. The molecule has 0 amide bonds. The van der Waals surface area contributed by atoms with Gasteiger partial charge in [-0.05, 0) is 48.4 Å². The van der Waals surface area contributed by atoms with E-state index in [1.165, 1.54) is 12.1 Å². The molecule has 5 heteroatoms. The van der Waals surface area contributed by atoms with Crippen molar-refractivity contribution in [2.24, 2.45) is 0 Å². The molecule has 1 N–H and O–H groups in total. The van der Waals surface area contributed by atoms with Gasteiger partial charge in [0.05, 0.1) is 6.61 Å². The van der Waals surface area contributed by atoms with Crippen molar-refractivity contribution in [3.05, 3.63) is 61.8 Å². The van der Waals surface area contributed by atoms with Gasteiger partial charge >= 0.3 is 0 Å². The smallest absolute Gasteiger partial charge is 0.128 e. The lowest BCUT2D eigenvalue weighted by atomic mass is 10.1. The van der Waals surface area contributed by atoms with Crippen molar-refractivity contribution >= 4 is 31.9 Å². The number of aliphatic hydroxyl groups is 1. The number of hydrogen-bond donors (Lipinski definition) is 1. The molecule has 0 aliphatic rings. The Morgan fingerprint density at radius 2 is 1.80 bits per heavy atom. The first-order valence-corrected chi connectivity index (χ1v) is 7.56. The minimum Gasteiger partial charge on any atom is -0.488 e. The fourth-order valence-electron chi connectivity index (χ4n) is 1.97. The zero-order chi connectivity index (χ0) is 14.7. The number of hydrogen-bond acceptors (Lipinski definition) is 2. The fraction of sp³-hybridized carbons (Fsp3) is 0.200. The van der Waals surface area contributed by atoms with E-state index >= 15 is 0 Å². The van der Waals surface area contributed by atoms with Gasteiger partial charge in [-0.25, -0.2) is 4.39 Å². The Kier molecular flexibility index (Phi) is 5.18. The molecule has 2 rings (SSSR count). The zero-order valence-electron chi connectivity index (χ0n) is 10.8. The van der Waals surface area contributed by atoms with Crippen molar-refractivity contribution in [3.63, 3.8) is 0 Å². The van der Waals surface area contributed by atoms with Crippen molar-refractivity contribution in [2.45, 2.75) is 20.1 Å². The first-order chi connectivity index (χ1) is 9.49. The van der Waals surface area contributed by atoms with E-state index in [-0.39, 0.29) is 19.0 Å². The van der Waals surface area contributed by atoms with E-state index in [1.807, 2.05) is 19.1 Å². The first kappa shape index (κ1) is 15.5. The minimum absolute atomic E-state index is 0.109. The van der Waals surface area contributed by atoms with Crippen molar-refractivity contribution in [1.29, 1.82) is 0 Å². The van der Waals surface area contributed by atoms with Gasteiger partial charge in [-0.1, -0.05) is 31.9 Å². The Bertz CT molecular complexity index is 609. The summed E-state index contributed by atoms with van der Waals surface area (Å²) in [6, 6.07) is 8.35. The van der Waals surface area contributed by atoms with Gasteiger partial charge in [-0.15, -0.1) is 0 Å². The van der Waals surface area contributed by atoms with Crippen LogP contribution in [0.4, 0.5) is 4.39 Å². The van der Waals surface area contributed by atoms with Crippen LogP contribution in [0.2, 0.25) is 0 Å². The number of ether oxygens (including phenoxy) is 1. The predicted molar refractivity (Wildman–Crippen MR) is 83.2 cm³/mol. The summed E-state index contributed by atoms with van der Waals surface area (Å²) in [5.74, 6) is 0.323. The third-order valence-corrected chi connectivity index (χ3v) is 3.71. The lowest BCUT2D eigenvalue weighted by molar-refractivity contribution is 0.257. The average Bonchev–Trinajstić information content (AvgIpc) is 2.35. The molecule has 0 radical (unpaired) electrons. The van der Waals surface area contributed by atoms with E-state index in [4.69, 9.17) is 4.74 Å². The molecule has 20 heavy (non-hydrogen) atoms. The molecule has 0 heterocycles. The summed E-state index contributed by atoms with van der Waals surface area (Å²) in [6.07, 6.45) is 0. The summed E-state index contributed by atoms with van der Waals surface area (Å²) in [6.45, 7) is 2.04. The molecule has 0 aliphatic heterocycles. The molecule has 0 atom stereocenters. The molecule has 106 valence electrons. The van der Waals surface area contributed by atoms with Gasteiger partial charge < -0.3 is 9.84 Å². The summed E-state index contributed by atoms with van der Waals surface area (Å²) in [7, 11) is 0. The Balaban J connectivity index is 2.22. The van der Waals surface area contributed by atoms with Crippen molar-refractivity contribution in [2.75, 3.05) is 0 Å². The zero-order valence-corrected chi connectivity index (χ0v) is 14.0. The lowest BCUT2D eigenvalue weighted by Crippen LogP contribution is -2.01. The van der Waals surface area contributed by atoms with E-state index in [1.54, 1.807) is 6.07 Å². The standard InChI is InChI=1S/C15H13Br2FO2/c1-9-2-12(16)5-11(7-19)15(9)20-8-10-3-13(17)6-14(18)4-10/h2-6,19H,7-8H2,1H3. The predicted octanol–water partition coefficient (Wildman–Crippen LogP) is 4.73. The highest BCUT2D eigenvalue weighted by atomic mass is 79.9. The number of aliphatic hydroxyl groups excluding tert-OH is 1. The monoisotopic (exact) mass is 402 g/mol. The van der Waals surface area contributed by atoms with Crippen LogP contribution in [0, 0.1) is 12.7 Å². The van der Waals surface area contributed by atoms with E-state index < -0.39 is 0 Å². The Labute approximate surface area is 133 Å². The molecule has 0 unspecified atom stereocenters. The van der Waals surface area contributed by atoms with E-state index in [2.05, 4.69) is 31.9 Å². The molecular weight excluding hydrogens is 391 g/mol. The summed E-state index contributed by atoms with van der Waals surface area (Å²) >= 11 is 6.63. The SMILES string of the molecule is Cc1cc(Br)cc(CO)c1OCc1cc(F)cc(Br)c1. The molecule has 0 saturated carbocycles. The summed E-state index contributed by atoms with van der Waals surface area (Å²) < 4.78 is 20.6. The van der Waals surface area contributed by atoms with E-state index in [9.17, 15) is 9.50 Å². The number of aryl methyl sites for hydroxylation is 1. The highest BCUT2D eigenvalue weighted by molar-refractivity contribution is 9.10. The fourth-order valence-corrected chi connectivity index (χ4v) is 3.11. The van der Waals surface area contributed by atoms with Gasteiger partial charge in [0, 0.05) is 14.5 Å². The molecule has 2 nitrogen and oxygen atoms in total. The molecule has 0 aliphatic carbocycles. The minimum atomic E-state index is -0.312. The number of rotatable bonds is 4. The van der Waals surface area contributed by atoms with Crippen LogP contribution in [0.5, 0.6) is 5.75 Å². The highest BCUT2D eigenvalue weighted by Gasteiger charge is 2.09. The van der Waals surface area contributed by atoms with Crippen LogP contribution in [0.1, 0.15) is 16.7 Å². The van der Waals surface area contributed by atoms with Crippen LogP contribution >= 0.6 is 31.9 Å². The third kappa shape index (κ3) is 3.81. The second-order valence-electron chi connectivity index (χ2n) is 4.44. The molecule has 2 aromatic carbocycles. The Hall–Kier alpha value is -0.910. The number of halogens is 3. The van der Waals surface area contributed by atoms with Gasteiger partial charge in [0.15, 0.2) is 0 Å². The Morgan fingerprint density at radius 3 is 2.45 bits per heavy atom. The molecule has 0 fully saturated rings. The third-order valence-electron chi connectivity index (χ3n) is 2.79. The van der Waals surface area contributed by atoms with Crippen LogP contribution in [0.25, 0.3) is 0 Å². The van der Waals surface area contributed by atoms with E-state index in [0.717, 1.165) is 15.6 Å². The van der Waals surface area contributed by atoms with Crippen molar-refractivity contribution < 1.29 is 14.2 Å². The van der Waals surface area contributed by atoms with Gasteiger partial charge in [0.25, 0.3) is 0 Å². The maximum atomic E-state index is 13.3. The molecule has 0 aromatic heterocycles. The van der Waals surface area contributed by atoms with Crippen LogP contribution in [-0.4, -0.2) is 5.11 Å². The second kappa shape index (κ2) is 6.70. The molecule has 0 bridgehead atoms. The van der Waals surface area contributed by atoms with Gasteiger partial charge in [0.2, 0.25) is 0 Å². The summed E-state index contributed by atoms with van der Waals surface area (Å²) in [4.78, 5) is 0. The van der Waals surface area contributed by atoms with Crippen molar-refractivity contribution in [1.82, 2.24) is 0 Å². The van der Waals surface area contributed by atoms with Crippen LogP contribution in [0.15, 0.2) is 39.3 Å². The van der Waals surface area contributed by atoms with Crippen molar-refractivity contribution in [3.8, 4) is 5.75 Å². The maximum Gasteiger partial charge on any atom is 0.128 e. The largest absolute Gasteiger partial charge is 0.488 e. The van der Waals surface area contributed by atoms with Crippen LogP contribution in [0.3, 0.4) is 0 Å². The topological polar surface area (TPSA) is 29.5 Å². The Morgan fingerprint density at radius 1 is 1.10 bits per heavy atom. The normalized spacial score (nSPS) is 10.7. The molecule has 0 saturated heterocycles. The highest BCUT2D eigenvalue weighted by Crippen LogP contribution is 2.29. The summed E-state index contributed by atoms with van der Waals surface area (Å²) in [5, 5.41) is 9.38. The maximum absolute atomic E-state index is 13.3. The quantitative estimate of drug-likeness (QED) is 0.799. The second-order valence-corrected chi connectivity index (χ2v) is 6.27. The summed E-state index contributed by atoms with van der Waals surface area (Å²) in [5.41, 5.74) is 2.34. The first-order valence-electron chi connectivity index (χ1n) is 5.97. The van der Waals surface area contributed by atoms with E-state index in [0.29, 0.717) is 15.8 Å². The van der Waals surface area contributed by atoms with Gasteiger partial charge in [0.1, 0.15) is 18.2 Å². The molecule has 0 spiro atoms. The van der Waals surface area contributed by atoms with Gasteiger partial charge in [-0.2, -0.15) is 0 Å².